The van der Waals surface area contributed by atoms with Crippen LogP contribution in [0, 0.1) is 6.92 Å². The van der Waals surface area contributed by atoms with E-state index in [9.17, 15) is 4.79 Å². The summed E-state index contributed by atoms with van der Waals surface area (Å²) in [5.74, 6) is 1.83. The maximum atomic E-state index is 12.4. The molecule has 4 rings (SSSR count). The number of carbonyl (C=O) groups excluding carboxylic acids is 1. The van der Waals surface area contributed by atoms with E-state index in [1.165, 1.54) is 0 Å². The van der Waals surface area contributed by atoms with E-state index < -0.39 is 0 Å². The van der Waals surface area contributed by atoms with Gasteiger partial charge in [-0.25, -0.2) is 0 Å². The molecule has 4 heterocycles. The number of rotatable bonds is 3. The average molecular weight is 328 g/mol. The Bertz CT molecular complexity index is 722. The minimum Gasteiger partial charge on any atom is -0.489 e. The first-order valence-corrected chi connectivity index (χ1v) is 8.20. The fourth-order valence-electron chi connectivity index (χ4n) is 3.41. The Hall–Kier alpha value is -2.34. The monoisotopic (exact) mass is 328 g/mol. The first-order valence-electron chi connectivity index (χ1n) is 8.20. The van der Waals surface area contributed by atoms with Crippen molar-refractivity contribution in [2.24, 2.45) is 0 Å². The van der Waals surface area contributed by atoms with E-state index in [1.807, 2.05) is 19.1 Å². The number of pyridine rings is 1. The topological polar surface area (TPSA) is 64.8 Å². The molecule has 0 radical (unpaired) electrons. The summed E-state index contributed by atoms with van der Waals surface area (Å²) in [7, 11) is 0. The van der Waals surface area contributed by atoms with Gasteiger partial charge in [0.25, 0.3) is 5.91 Å². The van der Waals surface area contributed by atoms with Crippen LogP contribution in [-0.2, 0) is 4.74 Å². The van der Waals surface area contributed by atoms with Gasteiger partial charge < -0.3 is 18.8 Å². The summed E-state index contributed by atoms with van der Waals surface area (Å²) in [5.41, 5.74) is -0.289. The highest BCUT2D eigenvalue weighted by Gasteiger charge is 2.50. The van der Waals surface area contributed by atoms with Gasteiger partial charge >= 0.3 is 0 Å². The highest BCUT2D eigenvalue weighted by molar-refractivity contribution is 5.92. The van der Waals surface area contributed by atoms with Gasteiger partial charge in [0.05, 0.1) is 25.9 Å². The van der Waals surface area contributed by atoms with Crippen molar-refractivity contribution in [2.75, 3.05) is 19.7 Å². The quantitative estimate of drug-likeness (QED) is 0.866. The molecule has 2 saturated heterocycles. The second kappa shape index (κ2) is 5.94. The molecule has 2 aliphatic rings. The summed E-state index contributed by atoms with van der Waals surface area (Å²) in [6.45, 7) is 3.64. The molecule has 126 valence electrons. The molecule has 0 bridgehead atoms. The number of amides is 1. The van der Waals surface area contributed by atoms with Crippen LogP contribution in [0.5, 0.6) is 5.75 Å². The molecule has 0 aliphatic carbocycles. The van der Waals surface area contributed by atoms with Gasteiger partial charge in [-0.15, -0.1) is 0 Å². The first kappa shape index (κ1) is 15.2. The highest BCUT2D eigenvalue weighted by Crippen LogP contribution is 2.36. The van der Waals surface area contributed by atoms with Crippen LogP contribution in [0.2, 0.25) is 0 Å². The Morgan fingerprint density at radius 2 is 2.25 bits per heavy atom. The number of aryl methyl sites for hydroxylation is 1. The molecule has 6 heteroatoms. The van der Waals surface area contributed by atoms with Crippen LogP contribution >= 0.6 is 0 Å². The standard InChI is InChI=1S/C18H20N2O4/c1-13-4-5-16(23-13)17(21)20-11-18(12-20)9-14(6-8-22-18)24-15-3-2-7-19-10-15/h2-5,7,10,14H,6,8-9,11-12H2,1H3/t14-/m1/s1. The number of hydrogen-bond donors (Lipinski definition) is 0. The number of hydrogen-bond acceptors (Lipinski definition) is 5. The van der Waals surface area contributed by atoms with Crippen molar-refractivity contribution in [3.8, 4) is 5.75 Å². The number of aromatic nitrogens is 1. The Morgan fingerprint density at radius 1 is 1.38 bits per heavy atom. The van der Waals surface area contributed by atoms with Crippen LogP contribution in [-0.4, -0.2) is 47.2 Å². The smallest absolute Gasteiger partial charge is 0.289 e. The van der Waals surface area contributed by atoms with E-state index in [0.29, 0.717) is 25.5 Å². The van der Waals surface area contributed by atoms with Crippen LogP contribution in [0.25, 0.3) is 0 Å². The second-order valence-corrected chi connectivity index (χ2v) is 6.52. The summed E-state index contributed by atoms with van der Waals surface area (Å²) in [6.07, 6.45) is 5.17. The normalized spacial score (nSPS) is 22.2. The van der Waals surface area contributed by atoms with Crippen LogP contribution < -0.4 is 4.74 Å². The van der Waals surface area contributed by atoms with E-state index in [4.69, 9.17) is 13.9 Å². The third-order valence-corrected chi connectivity index (χ3v) is 4.58. The second-order valence-electron chi connectivity index (χ2n) is 6.52. The summed E-state index contributed by atoms with van der Waals surface area (Å²) in [6, 6.07) is 7.29. The Morgan fingerprint density at radius 3 is 2.96 bits per heavy atom. The lowest BCUT2D eigenvalue weighted by Gasteiger charge is -2.52. The van der Waals surface area contributed by atoms with Crippen LogP contribution in [0.15, 0.2) is 41.1 Å². The summed E-state index contributed by atoms with van der Waals surface area (Å²) < 4.78 is 17.4. The molecule has 0 N–H and O–H groups in total. The van der Waals surface area contributed by atoms with Crippen molar-refractivity contribution in [3.63, 3.8) is 0 Å². The van der Waals surface area contributed by atoms with Crippen molar-refractivity contribution in [2.45, 2.75) is 31.5 Å². The first-order chi connectivity index (χ1) is 11.6. The van der Waals surface area contributed by atoms with E-state index in [-0.39, 0.29) is 17.6 Å². The number of carbonyl (C=O) groups is 1. The Balaban J connectivity index is 1.36. The van der Waals surface area contributed by atoms with Gasteiger partial charge in [-0.1, -0.05) is 0 Å². The molecule has 2 aromatic heterocycles. The van der Waals surface area contributed by atoms with Crippen LogP contribution in [0.3, 0.4) is 0 Å². The van der Waals surface area contributed by atoms with E-state index in [2.05, 4.69) is 4.98 Å². The molecule has 2 aliphatic heterocycles. The number of furan rings is 1. The van der Waals surface area contributed by atoms with E-state index in [0.717, 1.165) is 24.4 Å². The molecule has 0 saturated carbocycles. The largest absolute Gasteiger partial charge is 0.489 e. The molecule has 2 aromatic rings. The maximum absolute atomic E-state index is 12.4. The lowest BCUT2D eigenvalue weighted by Crippen LogP contribution is -2.67. The van der Waals surface area contributed by atoms with Gasteiger partial charge in [0.15, 0.2) is 5.76 Å². The third kappa shape index (κ3) is 2.89. The number of nitrogens with zero attached hydrogens (tertiary/aromatic N) is 2. The molecular formula is C18H20N2O4. The maximum Gasteiger partial charge on any atom is 0.289 e. The fraction of sp³-hybridized carbons (Fsp3) is 0.444. The van der Waals surface area contributed by atoms with Gasteiger partial charge in [-0.2, -0.15) is 0 Å². The van der Waals surface area contributed by atoms with Crippen LogP contribution in [0.1, 0.15) is 29.2 Å². The van der Waals surface area contributed by atoms with Crippen molar-refractivity contribution < 1.29 is 18.7 Å². The fourth-order valence-corrected chi connectivity index (χ4v) is 3.41. The van der Waals surface area contributed by atoms with Crippen molar-refractivity contribution in [3.05, 3.63) is 48.2 Å². The zero-order valence-electron chi connectivity index (χ0n) is 13.6. The molecule has 0 aromatic carbocycles. The predicted octanol–water partition coefficient (Wildman–Crippen LogP) is 2.44. The lowest BCUT2D eigenvalue weighted by molar-refractivity contribution is -0.174. The third-order valence-electron chi connectivity index (χ3n) is 4.58. The lowest BCUT2D eigenvalue weighted by atomic mass is 9.84. The minimum absolute atomic E-state index is 0.0763. The molecule has 2 fully saturated rings. The molecule has 6 nitrogen and oxygen atoms in total. The number of likely N-dealkylation sites (tertiary alicyclic amines) is 1. The highest BCUT2D eigenvalue weighted by atomic mass is 16.5. The van der Waals surface area contributed by atoms with Crippen molar-refractivity contribution in [1.82, 2.24) is 9.88 Å². The predicted molar refractivity (Wildman–Crippen MR) is 85.9 cm³/mol. The average Bonchev–Trinajstić information content (AvgIpc) is 3.00. The molecule has 0 unspecified atom stereocenters. The van der Waals surface area contributed by atoms with Crippen molar-refractivity contribution >= 4 is 5.91 Å². The van der Waals surface area contributed by atoms with E-state index in [1.54, 1.807) is 29.4 Å². The zero-order valence-corrected chi connectivity index (χ0v) is 13.6. The van der Waals surface area contributed by atoms with Crippen molar-refractivity contribution in [1.29, 1.82) is 0 Å². The molecule has 1 amide bonds. The van der Waals surface area contributed by atoms with Crippen LogP contribution in [0.4, 0.5) is 0 Å². The SMILES string of the molecule is Cc1ccc(C(=O)N2CC3(C[C@H](Oc4cccnc4)CCO3)C2)o1. The Kier molecular flexibility index (Phi) is 3.76. The molecule has 24 heavy (non-hydrogen) atoms. The minimum atomic E-state index is -0.289. The van der Waals surface area contributed by atoms with Gasteiger partial charge in [-0.3, -0.25) is 9.78 Å². The van der Waals surface area contributed by atoms with E-state index >= 15 is 0 Å². The zero-order chi connectivity index (χ0) is 16.6. The molecule has 1 spiro atoms. The summed E-state index contributed by atoms with van der Waals surface area (Å²) in [4.78, 5) is 18.2. The number of ether oxygens (including phenoxy) is 2. The van der Waals surface area contributed by atoms with Gasteiger partial charge in [-0.05, 0) is 31.2 Å². The summed E-state index contributed by atoms with van der Waals surface area (Å²) >= 11 is 0. The summed E-state index contributed by atoms with van der Waals surface area (Å²) in [5, 5.41) is 0. The Labute approximate surface area is 140 Å². The van der Waals surface area contributed by atoms with Gasteiger partial charge in [0.2, 0.25) is 0 Å². The van der Waals surface area contributed by atoms with Gasteiger partial charge in [0.1, 0.15) is 23.2 Å². The molecule has 1 atom stereocenters. The molecular weight excluding hydrogens is 308 g/mol. The van der Waals surface area contributed by atoms with Gasteiger partial charge in [0, 0.05) is 19.0 Å².